The van der Waals surface area contributed by atoms with Gasteiger partial charge < -0.3 is 0 Å². The minimum absolute atomic E-state index is 1.01. The summed E-state index contributed by atoms with van der Waals surface area (Å²) in [6.07, 6.45) is 13.3. The zero-order valence-corrected chi connectivity index (χ0v) is 36.1. The third kappa shape index (κ3) is 9.03. The van der Waals surface area contributed by atoms with Gasteiger partial charge in [0, 0.05) is 0 Å². The van der Waals surface area contributed by atoms with Crippen LogP contribution < -0.4 is 36.9 Å². The average molecular weight is 788 g/mol. The summed E-state index contributed by atoms with van der Waals surface area (Å²) in [7, 11) is 0. The molecule has 0 saturated heterocycles. The van der Waals surface area contributed by atoms with Crippen molar-refractivity contribution in [1.29, 1.82) is 0 Å². The van der Waals surface area contributed by atoms with Crippen LogP contribution in [0.25, 0.3) is 0 Å². The number of nitrogens with one attached hydrogen (secondary N) is 1. The van der Waals surface area contributed by atoms with E-state index in [4.69, 9.17) is 11.2 Å². The van der Waals surface area contributed by atoms with E-state index in [2.05, 4.69) is 208 Å². The van der Waals surface area contributed by atoms with Crippen molar-refractivity contribution in [3.8, 4) is 0 Å². The zero-order valence-electron chi connectivity index (χ0n) is 33.6. The fourth-order valence-electron chi connectivity index (χ4n) is 8.56. The van der Waals surface area contributed by atoms with E-state index in [0.717, 1.165) is 25.5 Å². The summed E-state index contributed by atoms with van der Waals surface area (Å²) in [5.74, 6) is -3.01. The van der Waals surface area contributed by atoms with Crippen LogP contribution in [0.5, 0.6) is 0 Å². The molecule has 0 aliphatic rings. The van der Waals surface area contributed by atoms with Gasteiger partial charge >= 0.3 is 340 Å². The summed E-state index contributed by atoms with van der Waals surface area (Å²) in [6, 6.07) is 66.2. The molecule has 6 aromatic rings. The fraction of sp³-hybridized carbons (Fsp3) is 0.294. The van der Waals surface area contributed by atoms with Crippen LogP contribution in [0.1, 0.15) is 78.6 Å². The molecule has 0 aliphatic carbocycles. The van der Waals surface area contributed by atoms with Crippen molar-refractivity contribution in [3.63, 3.8) is 0 Å². The molecule has 0 aromatic heterocycles. The molecule has 0 fully saturated rings. The second kappa shape index (κ2) is 20.6. The summed E-state index contributed by atoms with van der Waals surface area (Å²) in [5, 5.41) is 12.4. The SMILES string of the molecule is CCCCCCP(Cl)(c1ccccc1)(c1ccccc1)c1ccccc1.CCCCCCP(NCCC)(c1ccccc1)(c1ccccc1)c1ccccc1. The Labute approximate surface area is 338 Å². The van der Waals surface area contributed by atoms with Crippen molar-refractivity contribution in [2.75, 3.05) is 18.9 Å². The van der Waals surface area contributed by atoms with Crippen LogP contribution in [0.2, 0.25) is 0 Å². The van der Waals surface area contributed by atoms with Crippen molar-refractivity contribution in [3.05, 3.63) is 182 Å². The van der Waals surface area contributed by atoms with Gasteiger partial charge in [0.2, 0.25) is 0 Å². The van der Waals surface area contributed by atoms with Crippen molar-refractivity contribution >= 4 is 55.8 Å². The molecule has 0 aliphatic heterocycles. The first-order chi connectivity index (χ1) is 27.0. The Balaban J connectivity index is 0.000000212. The van der Waals surface area contributed by atoms with Crippen molar-refractivity contribution < 1.29 is 0 Å². The summed E-state index contributed by atoms with van der Waals surface area (Å²) in [4.78, 5) is 0. The Bertz CT molecular complexity index is 1740. The Kier molecular flexibility index (Phi) is 15.9. The van der Waals surface area contributed by atoms with Gasteiger partial charge in [0.1, 0.15) is 0 Å². The van der Waals surface area contributed by atoms with Gasteiger partial charge in [-0.1, -0.05) is 0 Å². The predicted molar refractivity (Wildman–Crippen MR) is 252 cm³/mol. The number of hydrogen-bond acceptors (Lipinski definition) is 1. The van der Waals surface area contributed by atoms with E-state index in [1.54, 1.807) is 0 Å². The van der Waals surface area contributed by atoms with Crippen LogP contribution in [0, 0.1) is 0 Å². The monoisotopic (exact) mass is 787 g/mol. The Hall–Kier alpha value is -3.57. The van der Waals surface area contributed by atoms with Crippen LogP contribution in [-0.2, 0) is 0 Å². The normalized spacial score (nSPS) is 13.0. The second-order valence-corrected chi connectivity index (χ2v) is 26.5. The average Bonchev–Trinajstić information content (AvgIpc) is 3.27. The molecule has 0 atom stereocenters. The number of rotatable bonds is 19. The van der Waals surface area contributed by atoms with E-state index >= 15 is 0 Å². The molecule has 1 N–H and O–H groups in total. The maximum absolute atomic E-state index is 7.98. The summed E-state index contributed by atoms with van der Waals surface area (Å²) >= 11 is 7.98. The Morgan fingerprint density at radius 2 is 0.636 bits per heavy atom. The molecule has 0 unspecified atom stereocenters. The first-order valence-corrected chi connectivity index (χ1v) is 26.6. The molecule has 0 spiro atoms. The molecule has 4 heteroatoms. The van der Waals surface area contributed by atoms with Gasteiger partial charge in [0.25, 0.3) is 0 Å². The van der Waals surface area contributed by atoms with Crippen LogP contribution in [0.15, 0.2) is 182 Å². The van der Waals surface area contributed by atoms with Crippen LogP contribution in [0.4, 0.5) is 0 Å². The first kappa shape index (κ1) is 42.6. The van der Waals surface area contributed by atoms with E-state index < -0.39 is 12.7 Å². The molecule has 0 bridgehead atoms. The summed E-state index contributed by atoms with van der Waals surface area (Å²) in [6.45, 7) is 5.03. The third-order valence-corrected chi connectivity index (χ3v) is 25.5. The Morgan fingerprint density at radius 3 is 0.927 bits per heavy atom. The van der Waals surface area contributed by atoms with Crippen LogP contribution >= 0.6 is 24.0 Å². The van der Waals surface area contributed by atoms with E-state index in [9.17, 15) is 0 Å². The van der Waals surface area contributed by atoms with Crippen molar-refractivity contribution in [2.45, 2.75) is 78.6 Å². The molecule has 290 valence electrons. The van der Waals surface area contributed by atoms with Gasteiger partial charge in [0.05, 0.1) is 0 Å². The molecular weight excluding hydrogens is 724 g/mol. The molecule has 1 nitrogen and oxygen atoms in total. The van der Waals surface area contributed by atoms with E-state index in [-0.39, 0.29) is 0 Å². The molecule has 0 amide bonds. The number of unbranched alkanes of at least 4 members (excludes halogenated alkanes) is 6. The zero-order chi connectivity index (χ0) is 38.8. The van der Waals surface area contributed by atoms with Gasteiger partial charge in [0.15, 0.2) is 0 Å². The fourth-order valence-corrected chi connectivity index (χ4v) is 21.2. The van der Waals surface area contributed by atoms with Gasteiger partial charge in [-0.05, 0) is 0 Å². The summed E-state index contributed by atoms with van der Waals surface area (Å²) < 4.78 is 0. The van der Waals surface area contributed by atoms with Gasteiger partial charge in [-0.3, -0.25) is 0 Å². The number of hydrogen-bond donors (Lipinski definition) is 1. The third-order valence-electron chi connectivity index (χ3n) is 11.5. The predicted octanol–water partition coefficient (Wildman–Crippen LogP) is 12.3. The molecule has 0 radical (unpaired) electrons. The Morgan fingerprint density at radius 1 is 0.345 bits per heavy atom. The van der Waals surface area contributed by atoms with E-state index in [1.807, 2.05) is 0 Å². The van der Waals surface area contributed by atoms with Crippen molar-refractivity contribution in [1.82, 2.24) is 5.09 Å². The quantitative estimate of drug-likeness (QED) is 0.0637. The van der Waals surface area contributed by atoms with E-state index in [0.29, 0.717) is 0 Å². The van der Waals surface area contributed by atoms with Crippen molar-refractivity contribution in [2.24, 2.45) is 0 Å². The molecule has 0 heterocycles. The van der Waals surface area contributed by atoms with Crippen LogP contribution in [0.3, 0.4) is 0 Å². The minimum atomic E-state index is -3.01. The molecule has 55 heavy (non-hydrogen) atoms. The van der Waals surface area contributed by atoms with E-state index in [1.165, 1.54) is 82.9 Å². The first-order valence-electron chi connectivity index (χ1n) is 20.8. The second-order valence-electron chi connectivity index (χ2n) is 15.0. The van der Waals surface area contributed by atoms with Gasteiger partial charge in [-0.2, -0.15) is 0 Å². The summed E-state index contributed by atoms with van der Waals surface area (Å²) in [5.41, 5.74) is 0. The topological polar surface area (TPSA) is 12.0 Å². The van der Waals surface area contributed by atoms with Crippen LogP contribution in [-0.4, -0.2) is 18.9 Å². The molecule has 6 aromatic carbocycles. The number of benzene rings is 6. The molecule has 6 rings (SSSR count). The van der Waals surface area contributed by atoms with Gasteiger partial charge in [-0.25, -0.2) is 0 Å². The molecular formula is C51H64ClNP2. The number of halogens is 1. The van der Waals surface area contributed by atoms with Gasteiger partial charge in [-0.15, -0.1) is 0 Å². The molecule has 0 saturated carbocycles. The standard InChI is InChI=1S/C27H36NP.C24H28ClP/c1-3-5-6-16-24-29(28-23-4-2,25-17-10-7-11-18-25,26-19-12-8-13-20-26)27-21-14-9-15-22-27;1-2-3-4-14-21-26(25,22-15-8-5-9-16-22,23-17-10-6-11-18-23)24-19-12-7-13-20-24/h7-15,17-22,28H,3-6,16,23-24H2,1-2H3;5-13,15-20H,2-4,14,21H2,1H3. The maximum atomic E-state index is 7.98.